The van der Waals surface area contributed by atoms with Crippen molar-refractivity contribution in [2.24, 2.45) is 0 Å². The zero-order valence-electron chi connectivity index (χ0n) is 10.5. The van der Waals surface area contributed by atoms with E-state index in [0.29, 0.717) is 17.9 Å². The van der Waals surface area contributed by atoms with E-state index in [2.05, 4.69) is 5.32 Å². The van der Waals surface area contributed by atoms with Gasteiger partial charge in [-0.3, -0.25) is 0 Å². The Kier molecular flexibility index (Phi) is 5.92. The van der Waals surface area contributed by atoms with Crippen LogP contribution in [0.1, 0.15) is 31.0 Å². The number of hydrogen-bond donors (Lipinski definition) is 1. The summed E-state index contributed by atoms with van der Waals surface area (Å²) >= 11 is 1.68. The van der Waals surface area contributed by atoms with Gasteiger partial charge in [-0.05, 0) is 30.9 Å². The van der Waals surface area contributed by atoms with E-state index in [0.717, 1.165) is 5.75 Å². The maximum Gasteiger partial charge on any atom is 0.133 e. The summed E-state index contributed by atoms with van der Waals surface area (Å²) in [5.74, 6) is 0.738. The lowest BCUT2D eigenvalue weighted by molar-refractivity contribution is 0.496. The predicted octanol–water partition coefficient (Wildman–Crippen LogP) is 3.68. The Labute approximate surface area is 106 Å². The van der Waals surface area contributed by atoms with Crippen LogP contribution in [0.5, 0.6) is 0 Å². The first-order chi connectivity index (χ1) is 8.11. The standard InChI is InChI=1S/C13H19F2NS/c1-4-16-11(8-17-5-2)12-10(14)7-6-9(3)13(12)15/h6-7,11,16H,4-5,8H2,1-3H3. The van der Waals surface area contributed by atoms with Gasteiger partial charge >= 0.3 is 0 Å². The normalized spacial score (nSPS) is 12.8. The van der Waals surface area contributed by atoms with Gasteiger partial charge in [0, 0.05) is 17.4 Å². The van der Waals surface area contributed by atoms with Crippen LogP contribution in [-0.4, -0.2) is 18.1 Å². The Hall–Kier alpha value is -0.610. The maximum absolute atomic E-state index is 14.0. The molecule has 0 fully saturated rings. The number of aryl methyl sites for hydroxylation is 1. The number of thioether (sulfide) groups is 1. The van der Waals surface area contributed by atoms with Crippen molar-refractivity contribution in [1.29, 1.82) is 0 Å². The molecule has 0 heterocycles. The molecule has 1 aromatic carbocycles. The van der Waals surface area contributed by atoms with E-state index in [1.807, 2.05) is 13.8 Å². The zero-order valence-corrected chi connectivity index (χ0v) is 11.3. The van der Waals surface area contributed by atoms with Crippen LogP contribution in [0.15, 0.2) is 12.1 Å². The molecule has 0 spiro atoms. The summed E-state index contributed by atoms with van der Waals surface area (Å²) < 4.78 is 27.7. The van der Waals surface area contributed by atoms with Crippen LogP contribution in [0.2, 0.25) is 0 Å². The van der Waals surface area contributed by atoms with Gasteiger partial charge in [0.15, 0.2) is 0 Å². The number of halogens is 2. The van der Waals surface area contributed by atoms with E-state index < -0.39 is 11.6 Å². The Morgan fingerprint density at radius 1 is 1.29 bits per heavy atom. The summed E-state index contributed by atoms with van der Waals surface area (Å²) in [6.45, 7) is 6.34. The fourth-order valence-electron chi connectivity index (χ4n) is 1.72. The summed E-state index contributed by atoms with van der Waals surface area (Å²) in [6, 6.07) is 2.56. The average Bonchev–Trinajstić information content (AvgIpc) is 2.31. The minimum absolute atomic E-state index is 0.174. The lowest BCUT2D eigenvalue weighted by Crippen LogP contribution is -2.25. The third-order valence-corrected chi connectivity index (χ3v) is 3.58. The molecule has 0 saturated carbocycles. The van der Waals surface area contributed by atoms with E-state index in [-0.39, 0.29) is 11.6 Å². The van der Waals surface area contributed by atoms with Crippen LogP contribution in [0.25, 0.3) is 0 Å². The quantitative estimate of drug-likeness (QED) is 0.836. The Morgan fingerprint density at radius 2 is 2.00 bits per heavy atom. The van der Waals surface area contributed by atoms with Gasteiger partial charge in [0.2, 0.25) is 0 Å². The third kappa shape index (κ3) is 3.68. The minimum atomic E-state index is -0.462. The second kappa shape index (κ2) is 6.97. The maximum atomic E-state index is 14.0. The van der Waals surface area contributed by atoms with E-state index in [9.17, 15) is 8.78 Å². The first-order valence-electron chi connectivity index (χ1n) is 5.87. The molecule has 1 rings (SSSR count). The highest BCUT2D eigenvalue weighted by molar-refractivity contribution is 7.99. The highest BCUT2D eigenvalue weighted by Gasteiger charge is 2.20. The molecule has 0 amide bonds. The fraction of sp³-hybridized carbons (Fsp3) is 0.538. The summed E-state index contributed by atoms with van der Waals surface area (Å²) in [6.07, 6.45) is 0. The summed E-state index contributed by atoms with van der Waals surface area (Å²) in [7, 11) is 0. The summed E-state index contributed by atoms with van der Waals surface area (Å²) in [5, 5.41) is 3.14. The molecule has 1 atom stereocenters. The van der Waals surface area contributed by atoms with Crippen LogP contribution in [-0.2, 0) is 0 Å². The Morgan fingerprint density at radius 3 is 2.59 bits per heavy atom. The first-order valence-corrected chi connectivity index (χ1v) is 7.02. The van der Waals surface area contributed by atoms with Crippen molar-refractivity contribution >= 4 is 11.8 Å². The van der Waals surface area contributed by atoms with Crippen LogP contribution < -0.4 is 5.32 Å². The van der Waals surface area contributed by atoms with Crippen molar-refractivity contribution in [1.82, 2.24) is 5.32 Å². The monoisotopic (exact) mass is 259 g/mol. The topological polar surface area (TPSA) is 12.0 Å². The minimum Gasteiger partial charge on any atom is -0.309 e. The number of benzene rings is 1. The van der Waals surface area contributed by atoms with Crippen molar-refractivity contribution in [3.63, 3.8) is 0 Å². The molecule has 1 aromatic rings. The number of hydrogen-bond acceptors (Lipinski definition) is 2. The molecular weight excluding hydrogens is 240 g/mol. The second-order valence-corrected chi connectivity index (χ2v) is 5.18. The van der Waals surface area contributed by atoms with Gasteiger partial charge < -0.3 is 5.32 Å². The second-order valence-electron chi connectivity index (χ2n) is 3.86. The molecule has 1 nitrogen and oxygen atoms in total. The van der Waals surface area contributed by atoms with Crippen molar-refractivity contribution in [3.8, 4) is 0 Å². The van der Waals surface area contributed by atoms with E-state index in [1.165, 1.54) is 12.1 Å². The van der Waals surface area contributed by atoms with Gasteiger partial charge in [-0.1, -0.05) is 19.9 Å². The number of nitrogens with one attached hydrogen (secondary N) is 1. The lowest BCUT2D eigenvalue weighted by atomic mass is 10.0. The fourth-order valence-corrected chi connectivity index (χ4v) is 2.48. The van der Waals surface area contributed by atoms with E-state index in [4.69, 9.17) is 0 Å². The third-order valence-electron chi connectivity index (χ3n) is 2.61. The summed E-state index contributed by atoms with van der Waals surface area (Å²) in [5.41, 5.74) is 0.665. The lowest BCUT2D eigenvalue weighted by Gasteiger charge is -2.19. The van der Waals surface area contributed by atoms with Crippen molar-refractivity contribution < 1.29 is 8.78 Å². The molecule has 96 valence electrons. The molecule has 0 aliphatic heterocycles. The van der Waals surface area contributed by atoms with Gasteiger partial charge in [0.1, 0.15) is 11.6 Å². The summed E-state index contributed by atoms with van der Waals surface area (Å²) in [4.78, 5) is 0. The molecule has 0 aromatic heterocycles. The largest absolute Gasteiger partial charge is 0.309 e. The van der Waals surface area contributed by atoms with Gasteiger partial charge in [-0.25, -0.2) is 8.78 Å². The first kappa shape index (κ1) is 14.5. The molecule has 17 heavy (non-hydrogen) atoms. The highest BCUT2D eigenvalue weighted by atomic mass is 32.2. The Balaban J connectivity index is 3.03. The predicted molar refractivity (Wildman–Crippen MR) is 70.5 cm³/mol. The van der Waals surface area contributed by atoms with Crippen molar-refractivity contribution in [3.05, 3.63) is 34.9 Å². The molecule has 1 unspecified atom stereocenters. The van der Waals surface area contributed by atoms with Gasteiger partial charge in [-0.2, -0.15) is 11.8 Å². The van der Waals surface area contributed by atoms with Crippen molar-refractivity contribution in [2.75, 3.05) is 18.1 Å². The van der Waals surface area contributed by atoms with Gasteiger partial charge in [0.05, 0.1) is 0 Å². The average molecular weight is 259 g/mol. The van der Waals surface area contributed by atoms with Crippen LogP contribution in [0.3, 0.4) is 0 Å². The smallest absolute Gasteiger partial charge is 0.133 e. The molecule has 0 bridgehead atoms. The molecule has 0 saturated heterocycles. The van der Waals surface area contributed by atoms with Crippen LogP contribution >= 0.6 is 11.8 Å². The Bertz CT molecular complexity index is 369. The van der Waals surface area contributed by atoms with Crippen LogP contribution in [0, 0.1) is 18.6 Å². The molecule has 0 aliphatic carbocycles. The molecule has 4 heteroatoms. The highest BCUT2D eigenvalue weighted by Crippen LogP contribution is 2.26. The molecule has 1 N–H and O–H groups in total. The van der Waals surface area contributed by atoms with Crippen LogP contribution in [0.4, 0.5) is 8.78 Å². The molecular formula is C13H19F2NS. The number of rotatable bonds is 6. The molecule has 0 radical (unpaired) electrons. The van der Waals surface area contributed by atoms with Crippen molar-refractivity contribution in [2.45, 2.75) is 26.8 Å². The zero-order chi connectivity index (χ0) is 12.8. The van der Waals surface area contributed by atoms with E-state index >= 15 is 0 Å². The van der Waals surface area contributed by atoms with Gasteiger partial charge in [0.25, 0.3) is 0 Å². The van der Waals surface area contributed by atoms with Gasteiger partial charge in [-0.15, -0.1) is 0 Å². The SMILES string of the molecule is CCNC(CSCC)c1c(F)ccc(C)c1F. The molecule has 0 aliphatic rings. The van der Waals surface area contributed by atoms with E-state index in [1.54, 1.807) is 18.7 Å².